The van der Waals surface area contributed by atoms with Crippen molar-refractivity contribution < 1.29 is 0 Å². The van der Waals surface area contributed by atoms with Crippen LogP contribution in [0.3, 0.4) is 0 Å². The molecule has 0 aliphatic heterocycles. The molecule has 2 nitrogen and oxygen atoms in total. The third-order valence-electron chi connectivity index (χ3n) is 2.61. The van der Waals surface area contributed by atoms with E-state index in [0.29, 0.717) is 0 Å². The first-order valence-electron chi connectivity index (χ1n) is 5.21. The minimum atomic E-state index is -0.0460. The van der Waals surface area contributed by atoms with E-state index >= 15 is 0 Å². The quantitative estimate of drug-likeness (QED) is 0.786. The van der Waals surface area contributed by atoms with Gasteiger partial charge in [0.05, 0.1) is 0 Å². The zero-order valence-corrected chi connectivity index (χ0v) is 11.2. The number of H-pyrrole nitrogens is 1. The van der Waals surface area contributed by atoms with E-state index in [9.17, 15) is 4.79 Å². The van der Waals surface area contributed by atoms with E-state index in [4.69, 9.17) is 0 Å². The predicted octanol–water partition coefficient (Wildman–Crippen LogP) is 3.59. The molecular formula is C13H14BrNO. The van der Waals surface area contributed by atoms with Crippen LogP contribution in [0.25, 0.3) is 10.8 Å². The van der Waals surface area contributed by atoms with Crippen LogP contribution in [0.2, 0.25) is 0 Å². The van der Waals surface area contributed by atoms with E-state index in [-0.39, 0.29) is 11.0 Å². The van der Waals surface area contributed by atoms with Crippen LogP contribution in [-0.2, 0) is 5.41 Å². The maximum atomic E-state index is 11.9. The first kappa shape index (κ1) is 11.4. The van der Waals surface area contributed by atoms with Crippen LogP contribution < -0.4 is 5.56 Å². The van der Waals surface area contributed by atoms with Gasteiger partial charge in [-0.3, -0.25) is 4.79 Å². The molecule has 1 aromatic heterocycles. The van der Waals surface area contributed by atoms with Crippen LogP contribution in [0.1, 0.15) is 26.5 Å². The highest BCUT2D eigenvalue weighted by Crippen LogP contribution is 2.23. The molecule has 0 atom stereocenters. The first-order valence-corrected chi connectivity index (χ1v) is 6.00. The Morgan fingerprint density at radius 2 is 1.88 bits per heavy atom. The van der Waals surface area contributed by atoms with E-state index in [2.05, 4.69) is 41.7 Å². The summed E-state index contributed by atoms with van der Waals surface area (Å²) in [7, 11) is 0. The molecule has 0 saturated heterocycles. The molecule has 1 heterocycles. The minimum Gasteiger partial charge on any atom is -0.325 e. The topological polar surface area (TPSA) is 32.9 Å². The van der Waals surface area contributed by atoms with Gasteiger partial charge in [0.15, 0.2) is 0 Å². The molecule has 84 valence electrons. The third kappa shape index (κ3) is 2.05. The molecule has 3 heteroatoms. The lowest BCUT2D eigenvalue weighted by molar-refractivity contribution is 0.568. The average molecular weight is 280 g/mol. The zero-order valence-electron chi connectivity index (χ0n) is 9.60. The lowest BCUT2D eigenvalue weighted by Crippen LogP contribution is -2.19. The van der Waals surface area contributed by atoms with Crippen LogP contribution in [-0.4, -0.2) is 4.98 Å². The summed E-state index contributed by atoms with van der Waals surface area (Å²) in [6.07, 6.45) is 0. The number of hydrogen-bond acceptors (Lipinski definition) is 1. The van der Waals surface area contributed by atoms with Crippen LogP contribution in [0.5, 0.6) is 0 Å². The summed E-state index contributed by atoms with van der Waals surface area (Å²) in [5.74, 6) is 0. The fourth-order valence-electron chi connectivity index (χ4n) is 1.65. The molecule has 2 aromatic rings. The highest BCUT2D eigenvalue weighted by atomic mass is 79.9. The standard InChI is InChI=1S/C13H14BrNO/c1-13(2,3)11-7-8-6-9(14)4-5-10(8)12(16)15-11/h4-7H,1-3H3,(H,15,16). The van der Waals surface area contributed by atoms with Crippen molar-refractivity contribution in [3.63, 3.8) is 0 Å². The molecule has 1 aromatic carbocycles. The van der Waals surface area contributed by atoms with Crippen molar-refractivity contribution in [2.45, 2.75) is 26.2 Å². The molecule has 0 unspecified atom stereocenters. The van der Waals surface area contributed by atoms with Crippen molar-refractivity contribution in [3.8, 4) is 0 Å². The average Bonchev–Trinajstić information content (AvgIpc) is 2.15. The number of fused-ring (bicyclic) bond motifs is 1. The smallest absolute Gasteiger partial charge is 0.256 e. The van der Waals surface area contributed by atoms with Gasteiger partial charge in [0, 0.05) is 21.0 Å². The number of benzene rings is 1. The summed E-state index contributed by atoms with van der Waals surface area (Å²) in [6, 6.07) is 7.74. The predicted molar refractivity (Wildman–Crippen MR) is 71.0 cm³/mol. The molecule has 1 N–H and O–H groups in total. The zero-order chi connectivity index (χ0) is 11.9. The van der Waals surface area contributed by atoms with Gasteiger partial charge in [0.1, 0.15) is 0 Å². The van der Waals surface area contributed by atoms with Crippen molar-refractivity contribution in [1.82, 2.24) is 4.98 Å². The SMILES string of the molecule is CC(C)(C)c1cc2cc(Br)ccc2c(=O)[nH]1. The molecule has 0 aliphatic rings. The Morgan fingerprint density at radius 1 is 1.19 bits per heavy atom. The van der Waals surface area contributed by atoms with E-state index < -0.39 is 0 Å². The highest BCUT2D eigenvalue weighted by molar-refractivity contribution is 9.10. The van der Waals surface area contributed by atoms with Gasteiger partial charge in [-0.15, -0.1) is 0 Å². The third-order valence-corrected chi connectivity index (χ3v) is 3.11. The number of aromatic nitrogens is 1. The number of nitrogens with one attached hydrogen (secondary N) is 1. The summed E-state index contributed by atoms with van der Waals surface area (Å²) >= 11 is 3.42. The summed E-state index contributed by atoms with van der Waals surface area (Å²) in [5, 5.41) is 1.71. The number of aromatic amines is 1. The molecule has 0 fully saturated rings. The van der Waals surface area contributed by atoms with Crippen molar-refractivity contribution in [2.75, 3.05) is 0 Å². The first-order chi connectivity index (χ1) is 7.38. The van der Waals surface area contributed by atoms with E-state index in [1.54, 1.807) is 0 Å². The van der Waals surface area contributed by atoms with Crippen LogP contribution >= 0.6 is 15.9 Å². The van der Waals surface area contributed by atoms with Crippen LogP contribution in [0.15, 0.2) is 33.5 Å². The maximum Gasteiger partial charge on any atom is 0.256 e. The number of hydrogen-bond donors (Lipinski definition) is 1. The largest absolute Gasteiger partial charge is 0.325 e. The lowest BCUT2D eigenvalue weighted by Gasteiger charge is -2.18. The Morgan fingerprint density at radius 3 is 2.50 bits per heavy atom. The van der Waals surface area contributed by atoms with E-state index in [0.717, 1.165) is 20.9 Å². The van der Waals surface area contributed by atoms with Crippen LogP contribution in [0.4, 0.5) is 0 Å². The summed E-state index contributed by atoms with van der Waals surface area (Å²) < 4.78 is 0.991. The Hall–Kier alpha value is -1.09. The van der Waals surface area contributed by atoms with Gasteiger partial charge in [-0.2, -0.15) is 0 Å². The molecule has 0 aliphatic carbocycles. The molecule has 2 rings (SSSR count). The van der Waals surface area contributed by atoms with E-state index in [1.807, 2.05) is 24.3 Å². The fourth-order valence-corrected chi connectivity index (χ4v) is 2.02. The Labute approximate surface area is 103 Å². The van der Waals surface area contributed by atoms with Gasteiger partial charge in [-0.25, -0.2) is 0 Å². The van der Waals surface area contributed by atoms with Gasteiger partial charge in [-0.05, 0) is 29.7 Å². The normalized spacial score (nSPS) is 12.0. The second-order valence-electron chi connectivity index (χ2n) is 4.99. The number of rotatable bonds is 0. The Bertz CT molecular complexity index is 593. The minimum absolute atomic E-state index is 0.0186. The van der Waals surface area contributed by atoms with Crippen molar-refractivity contribution in [3.05, 3.63) is 44.8 Å². The van der Waals surface area contributed by atoms with Gasteiger partial charge in [-0.1, -0.05) is 36.7 Å². The van der Waals surface area contributed by atoms with Crippen molar-refractivity contribution in [1.29, 1.82) is 0 Å². The second-order valence-corrected chi connectivity index (χ2v) is 5.91. The van der Waals surface area contributed by atoms with Gasteiger partial charge in [0.25, 0.3) is 5.56 Å². The molecular weight excluding hydrogens is 266 g/mol. The molecule has 0 spiro atoms. The van der Waals surface area contributed by atoms with Crippen molar-refractivity contribution >= 4 is 26.7 Å². The molecule has 0 saturated carbocycles. The summed E-state index contributed by atoms with van der Waals surface area (Å²) in [4.78, 5) is 14.8. The monoisotopic (exact) mass is 279 g/mol. The van der Waals surface area contributed by atoms with Crippen LogP contribution in [0, 0.1) is 0 Å². The van der Waals surface area contributed by atoms with Crippen molar-refractivity contribution in [2.24, 2.45) is 0 Å². The van der Waals surface area contributed by atoms with E-state index in [1.165, 1.54) is 0 Å². The van der Waals surface area contributed by atoms with Gasteiger partial charge < -0.3 is 4.98 Å². The summed E-state index contributed by atoms with van der Waals surface area (Å²) in [6.45, 7) is 6.26. The molecule has 16 heavy (non-hydrogen) atoms. The second kappa shape index (κ2) is 3.74. The molecule has 0 amide bonds. The van der Waals surface area contributed by atoms with Gasteiger partial charge in [0.2, 0.25) is 0 Å². The van der Waals surface area contributed by atoms with Gasteiger partial charge >= 0.3 is 0 Å². The summed E-state index contributed by atoms with van der Waals surface area (Å²) in [5.41, 5.74) is 0.897. The highest BCUT2D eigenvalue weighted by Gasteiger charge is 2.15. The molecule has 0 bridgehead atoms. The Balaban J connectivity index is 2.80. The Kier molecular flexibility index (Phi) is 2.66. The number of pyridine rings is 1. The maximum absolute atomic E-state index is 11.9. The number of halogens is 1. The molecule has 0 radical (unpaired) electrons. The fraction of sp³-hybridized carbons (Fsp3) is 0.308. The lowest BCUT2D eigenvalue weighted by atomic mass is 9.90.